The Labute approximate surface area is 46.2 Å². The van der Waals surface area contributed by atoms with Crippen molar-refractivity contribution < 1.29 is 0 Å². The Bertz CT molecular complexity index is 6.00. The molecule has 0 saturated heterocycles. The third-order valence-electron chi connectivity index (χ3n) is 0. The summed E-state index contributed by atoms with van der Waals surface area (Å²) < 4.78 is 0. The smallest absolute Gasteiger partial charge is 0.00711 e. The van der Waals surface area contributed by atoms with Gasteiger partial charge in [-0.3, -0.25) is 0 Å². The maximum absolute atomic E-state index is 3.00. The monoisotopic (exact) mass is 234 g/mol. The molecule has 0 N–H and O–H groups in total. The third kappa shape index (κ3) is 12.4. The van der Waals surface area contributed by atoms with Gasteiger partial charge in [0.2, 0.25) is 0 Å². The highest BCUT2D eigenvalue weighted by atomic mass is 127. The van der Waals surface area contributed by atoms with Crippen LogP contribution in [0.15, 0.2) is 13.2 Å². The average Bonchev–Trinajstić information content (AvgIpc) is 1.50. The lowest BCUT2D eigenvalue weighted by Gasteiger charge is -1.00. The zero-order valence-corrected chi connectivity index (χ0v) is 5.91. The number of hydrogen-bond donors (Lipinski definition) is 0. The number of rotatable bonds is 0. The molecule has 0 aliphatic heterocycles. The zero-order chi connectivity index (χ0) is 4.00. The van der Waals surface area contributed by atoms with Crippen molar-refractivity contribution >= 4 is 33.1 Å². The van der Waals surface area contributed by atoms with Gasteiger partial charge in [0.05, 0.1) is 0 Å². The van der Waals surface area contributed by atoms with Gasteiger partial charge in [-0.2, -0.15) is 0 Å². The summed E-state index contributed by atoms with van der Waals surface area (Å²) in [6.07, 6.45) is 0. The lowest BCUT2D eigenvalue weighted by Crippen LogP contribution is -0.552. The molecule has 0 aliphatic rings. The molecule has 0 bridgehead atoms. The maximum Gasteiger partial charge on any atom is 0.00711 e. The molecule has 0 aromatic heterocycles. The van der Waals surface area contributed by atoms with Gasteiger partial charge >= 0.3 is 0 Å². The van der Waals surface area contributed by atoms with Crippen molar-refractivity contribution in [2.24, 2.45) is 0 Å². The number of hydrogen-bond acceptors (Lipinski definition) is 0. The van der Waals surface area contributed by atoms with Crippen LogP contribution in [0.3, 0.4) is 0 Å². The molecular formula is C2H4BrI. The molecule has 26 valence electrons. The molecule has 0 heterocycles. The van der Waals surface area contributed by atoms with E-state index >= 15 is 0 Å². The van der Waals surface area contributed by atoms with Crippen molar-refractivity contribution in [3.63, 3.8) is 0 Å². The first-order valence-corrected chi connectivity index (χ1v) is 5.48. The van der Waals surface area contributed by atoms with Crippen LogP contribution in [0.4, 0.5) is 0 Å². The maximum atomic E-state index is 3.00. The van der Waals surface area contributed by atoms with E-state index in [0.29, 0.717) is 0 Å². The van der Waals surface area contributed by atoms with Crippen molar-refractivity contribution in [2.45, 2.75) is 0 Å². The van der Waals surface area contributed by atoms with Crippen LogP contribution in [-0.2, 0) is 0 Å². The molecule has 0 spiro atoms. The Hall–Kier alpha value is 0.950. The summed E-state index contributed by atoms with van der Waals surface area (Å²) in [6.45, 7) is 6.00. The van der Waals surface area contributed by atoms with Gasteiger partial charge in [0.25, 0.3) is 0 Å². The highest BCUT2D eigenvalue weighted by molar-refractivity contribution is 14.2. The van der Waals surface area contributed by atoms with Gasteiger partial charge in [0.1, 0.15) is 0 Å². The Morgan fingerprint density at radius 1 is 1.25 bits per heavy atom. The molecule has 0 rings (SSSR count). The first-order chi connectivity index (χ1) is 2.00. The molecule has 2 heteroatoms. The van der Waals surface area contributed by atoms with E-state index in [0.717, 1.165) is 0 Å². The summed E-state index contributed by atoms with van der Waals surface area (Å²) >= 11 is 4.87. The Kier molecular flexibility index (Phi) is 84.5. The van der Waals surface area contributed by atoms with Crippen molar-refractivity contribution in [1.29, 1.82) is 0 Å². The normalized spacial score (nSPS) is 2.50. The Morgan fingerprint density at radius 3 is 1.25 bits per heavy atom. The molecular weight excluding hydrogens is 231 g/mol. The Morgan fingerprint density at radius 2 is 1.25 bits per heavy atom. The molecule has 0 aromatic rings. The van der Waals surface area contributed by atoms with Gasteiger partial charge < -0.3 is 0 Å². The van der Waals surface area contributed by atoms with Crippen LogP contribution in [0.1, 0.15) is 0 Å². The third-order valence-corrected chi connectivity index (χ3v) is 0. The van der Waals surface area contributed by atoms with Gasteiger partial charge in [-0.25, -0.2) is 0 Å². The topological polar surface area (TPSA) is 0 Å². The summed E-state index contributed by atoms with van der Waals surface area (Å²) in [5.74, 6) is 0. The first kappa shape index (κ1) is 8.87. The van der Waals surface area contributed by atoms with E-state index in [1.165, 1.54) is 0 Å². The largest absolute Gasteiger partial charge is 0.106 e. The molecule has 0 saturated carbocycles. The van der Waals surface area contributed by atoms with Gasteiger partial charge in [0.15, 0.2) is 0 Å². The van der Waals surface area contributed by atoms with Crippen LogP contribution in [0.25, 0.3) is 0 Å². The summed E-state index contributed by atoms with van der Waals surface area (Å²) in [5.41, 5.74) is 0. The second-order valence-electron chi connectivity index (χ2n) is 0. The molecule has 4 heavy (non-hydrogen) atoms. The second-order valence-corrected chi connectivity index (χ2v) is 0. The van der Waals surface area contributed by atoms with Crippen LogP contribution in [0.2, 0.25) is 0 Å². The van der Waals surface area contributed by atoms with Crippen molar-refractivity contribution in [2.75, 3.05) is 0 Å². The molecule has 0 nitrogen and oxygen atoms in total. The van der Waals surface area contributed by atoms with E-state index in [9.17, 15) is 0 Å². The fourth-order valence-corrected chi connectivity index (χ4v) is 0. The van der Waals surface area contributed by atoms with Gasteiger partial charge in [-0.05, 0) is 12.7 Å². The highest BCUT2D eigenvalue weighted by Gasteiger charge is 1.00. The molecule has 0 unspecified atom stereocenters. The van der Waals surface area contributed by atoms with Crippen LogP contribution >= 0.6 is 33.1 Å². The average molecular weight is 235 g/mol. The van der Waals surface area contributed by atoms with E-state index in [1.807, 2.05) is 20.4 Å². The summed E-state index contributed by atoms with van der Waals surface area (Å²) in [6, 6.07) is 0. The second kappa shape index (κ2) is 38.1. The van der Waals surface area contributed by atoms with E-state index in [1.54, 1.807) is 0 Å². The summed E-state index contributed by atoms with van der Waals surface area (Å²) in [4.78, 5) is 0. The standard InChI is InChI=1S/C2H4.BrI/c2*1-2/h1-2H2;. The predicted octanol–water partition coefficient (Wildman–Crippen LogP) is 2.53. The highest BCUT2D eigenvalue weighted by Crippen LogP contribution is 1.87. The van der Waals surface area contributed by atoms with E-state index in [2.05, 4.69) is 25.8 Å². The molecule has 0 aromatic carbocycles. The molecule has 0 radical (unpaired) electrons. The SMILES string of the molecule is BrI.C=C. The van der Waals surface area contributed by atoms with E-state index in [4.69, 9.17) is 0 Å². The summed E-state index contributed by atoms with van der Waals surface area (Å²) in [7, 11) is 0. The van der Waals surface area contributed by atoms with Crippen molar-refractivity contribution in [3.8, 4) is 0 Å². The quantitative estimate of drug-likeness (QED) is 0.447. The van der Waals surface area contributed by atoms with E-state index in [-0.39, 0.29) is 0 Å². The first-order valence-electron chi connectivity index (χ1n) is 0.643. The van der Waals surface area contributed by atoms with Gasteiger partial charge in [-0.15, -0.1) is 13.2 Å². The Balaban J connectivity index is 0. The van der Waals surface area contributed by atoms with Crippen LogP contribution in [-0.4, -0.2) is 0 Å². The van der Waals surface area contributed by atoms with Gasteiger partial charge in [-0.1, -0.05) is 0 Å². The lowest BCUT2D eigenvalue weighted by molar-refractivity contribution is 2.81. The number of halogens is 2. The molecule has 0 atom stereocenters. The predicted molar refractivity (Wildman–Crippen MR) is 34.2 cm³/mol. The molecule has 0 aliphatic carbocycles. The van der Waals surface area contributed by atoms with Crippen LogP contribution in [0, 0.1) is 0 Å². The van der Waals surface area contributed by atoms with Crippen molar-refractivity contribution in [1.82, 2.24) is 0 Å². The van der Waals surface area contributed by atoms with E-state index < -0.39 is 0 Å². The minimum atomic E-state index is 1.96. The fourth-order valence-electron chi connectivity index (χ4n) is 0. The molecule has 0 fully saturated rings. The lowest BCUT2D eigenvalue weighted by atomic mass is 11.3. The minimum absolute atomic E-state index is 1.96. The zero-order valence-electron chi connectivity index (χ0n) is 2.17. The molecule has 0 amide bonds. The minimum Gasteiger partial charge on any atom is -0.106 e. The van der Waals surface area contributed by atoms with Crippen LogP contribution < -0.4 is 0 Å². The van der Waals surface area contributed by atoms with Crippen molar-refractivity contribution in [3.05, 3.63) is 13.2 Å². The summed E-state index contributed by atoms with van der Waals surface area (Å²) in [5, 5.41) is 0. The van der Waals surface area contributed by atoms with Crippen LogP contribution in [0.5, 0.6) is 0 Å². The fraction of sp³-hybridized carbons (Fsp3) is 0. The van der Waals surface area contributed by atoms with Gasteiger partial charge in [0, 0.05) is 20.4 Å².